The zero-order valence-corrected chi connectivity index (χ0v) is 19.7. The summed E-state index contributed by atoms with van der Waals surface area (Å²) in [4.78, 5) is 21.0. The van der Waals surface area contributed by atoms with E-state index in [9.17, 15) is 4.79 Å². The van der Waals surface area contributed by atoms with Gasteiger partial charge in [-0.1, -0.05) is 40.5 Å². The summed E-state index contributed by atoms with van der Waals surface area (Å²) >= 11 is 11.8. The molecule has 0 aliphatic heterocycles. The Balaban J connectivity index is 1.19. The molecular formula is C25H18Cl2N6O2. The minimum Gasteiger partial charge on any atom is -0.332 e. The largest absolute Gasteiger partial charge is 0.332 e. The van der Waals surface area contributed by atoms with Gasteiger partial charge in [-0.05, 0) is 66.2 Å². The Morgan fingerprint density at radius 1 is 0.857 bits per heavy atom. The highest BCUT2D eigenvalue weighted by Gasteiger charge is 2.13. The van der Waals surface area contributed by atoms with E-state index in [1.165, 1.54) is 0 Å². The average Bonchev–Trinajstić information content (AvgIpc) is 3.52. The van der Waals surface area contributed by atoms with Crippen molar-refractivity contribution in [1.82, 2.24) is 19.7 Å². The van der Waals surface area contributed by atoms with Gasteiger partial charge in [0.15, 0.2) is 0 Å². The lowest BCUT2D eigenvalue weighted by molar-refractivity contribution is 0.262. The number of halogens is 2. The number of nitrogens with one attached hydrogen (secondary N) is 2. The normalized spacial score (nSPS) is 10.8. The summed E-state index contributed by atoms with van der Waals surface area (Å²) in [5, 5.41) is 10.8. The number of benzene rings is 3. The van der Waals surface area contributed by atoms with Crippen LogP contribution in [0.4, 0.5) is 16.2 Å². The monoisotopic (exact) mass is 504 g/mol. The molecular weight excluding hydrogens is 487 g/mol. The summed E-state index contributed by atoms with van der Waals surface area (Å²) in [5.41, 5.74) is 3.74. The smallest absolute Gasteiger partial charge is 0.323 e. The minimum absolute atomic E-state index is 0.333. The van der Waals surface area contributed by atoms with Crippen LogP contribution in [-0.2, 0) is 6.54 Å². The van der Waals surface area contributed by atoms with Gasteiger partial charge in [-0.3, -0.25) is 0 Å². The maximum absolute atomic E-state index is 12.2. The Labute approximate surface area is 210 Å². The quantitative estimate of drug-likeness (QED) is 0.271. The van der Waals surface area contributed by atoms with Crippen molar-refractivity contribution in [3.8, 4) is 23.0 Å². The summed E-state index contributed by atoms with van der Waals surface area (Å²) in [6.07, 6.45) is 3.54. The topological polar surface area (TPSA) is 97.9 Å². The minimum atomic E-state index is -0.336. The van der Waals surface area contributed by atoms with E-state index in [1.807, 2.05) is 47.2 Å². The van der Waals surface area contributed by atoms with Gasteiger partial charge in [-0.25, -0.2) is 9.78 Å². The van der Waals surface area contributed by atoms with Gasteiger partial charge in [0, 0.05) is 39.7 Å². The highest BCUT2D eigenvalue weighted by Crippen LogP contribution is 2.23. The number of carbonyl (C=O) groups is 1. The number of anilines is 2. The van der Waals surface area contributed by atoms with Crippen LogP contribution < -0.4 is 10.6 Å². The van der Waals surface area contributed by atoms with Crippen LogP contribution in [0.3, 0.4) is 0 Å². The maximum Gasteiger partial charge on any atom is 0.323 e. The van der Waals surface area contributed by atoms with Gasteiger partial charge in [0.1, 0.15) is 5.69 Å². The molecule has 8 nitrogen and oxygen atoms in total. The van der Waals surface area contributed by atoms with Crippen molar-refractivity contribution in [2.75, 3.05) is 10.6 Å². The van der Waals surface area contributed by atoms with Crippen molar-refractivity contribution < 1.29 is 9.32 Å². The number of imidazole rings is 1. The first-order chi connectivity index (χ1) is 17.0. The summed E-state index contributed by atoms with van der Waals surface area (Å²) in [6, 6.07) is 21.3. The van der Waals surface area contributed by atoms with Crippen LogP contribution in [0.2, 0.25) is 10.0 Å². The fourth-order valence-corrected chi connectivity index (χ4v) is 3.58. The predicted octanol–water partition coefficient (Wildman–Crippen LogP) is 6.60. The molecule has 0 fully saturated rings. The standard InChI is InChI=1S/C25H18Cl2N6O2/c26-18-5-3-17(4-6-18)23-31-24(35-32-23)22-14-33(15-28-22)13-16-1-9-20(10-2-16)29-25(34)30-21-11-7-19(27)8-12-21/h1-12,14-15H,13H2,(H2,29,30,34). The molecule has 2 aromatic heterocycles. The molecule has 10 heteroatoms. The summed E-state index contributed by atoms with van der Waals surface area (Å²) in [6.45, 7) is 0.586. The van der Waals surface area contributed by atoms with Crippen LogP contribution in [0, 0.1) is 0 Å². The van der Waals surface area contributed by atoms with E-state index in [0.29, 0.717) is 45.4 Å². The summed E-state index contributed by atoms with van der Waals surface area (Å²) in [7, 11) is 0. The van der Waals surface area contributed by atoms with Crippen molar-refractivity contribution in [3.63, 3.8) is 0 Å². The maximum atomic E-state index is 12.2. The van der Waals surface area contributed by atoms with Crippen molar-refractivity contribution in [3.05, 3.63) is 101 Å². The third-order valence-electron chi connectivity index (χ3n) is 5.06. The highest BCUT2D eigenvalue weighted by molar-refractivity contribution is 6.30. The van der Waals surface area contributed by atoms with Gasteiger partial charge in [-0.15, -0.1) is 0 Å². The molecule has 2 heterocycles. The first-order valence-corrected chi connectivity index (χ1v) is 11.3. The van der Waals surface area contributed by atoms with Crippen molar-refractivity contribution in [2.24, 2.45) is 0 Å². The zero-order valence-electron chi connectivity index (χ0n) is 18.2. The Morgan fingerprint density at radius 3 is 2.11 bits per heavy atom. The Kier molecular flexibility index (Phi) is 6.47. The molecule has 0 spiro atoms. The van der Waals surface area contributed by atoms with E-state index in [-0.39, 0.29) is 6.03 Å². The molecule has 174 valence electrons. The lowest BCUT2D eigenvalue weighted by atomic mass is 10.2. The third-order valence-corrected chi connectivity index (χ3v) is 5.56. The molecule has 0 radical (unpaired) electrons. The number of hydrogen-bond acceptors (Lipinski definition) is 5. The zero-order chi connectivity index (χ0) is 24.2. The second-order valence-corrected chi connectivity index (χ2v) is 8.52. The Hall–Kier alpha value is -4.14. The fraction of sp³-hybridized carbons (Fsp3) is 0.0400. The molecule has 0 saturated heterocycles. The summed E-state index contributed by atoms with van der Waals surface area (Å²) < 4.78 is 7.29. The average molecular weight is 505 g/mol. The van der Waals surface area contributed by atoms with Crippen LogP contribution >= 0.6 is 23.2 Å². The van der Waals surface area contributed by atoms with E-state index < -0.39 is 0 Å². The molecule has 0 saturated carbocycles. The molecule has 0 atom stereocenters. The molecule has 0 aliphatic rings. The number of aromatic nitrogens is 4. The number of amides is 2. The van der Waals surface area contributed by atoms with Crippen LogP contribution in [0.15, 0.2) is 89.8 Å². The number of rotatable bonds is 6. The van der Waals surface area contributed by atoms with Crippen molar-refractivity contribution >= 4 is 40.6 Å². The second kappa shape index (κ2) is 10.0. The molecule has 2 amide bonds. The lowest BCUT2D eigenvalue weighted by Crippen LogP contribution is -2.19. The molecule has 5 rings (SSSR count). The van der Waals surface area contributed by atoms with E-state index in [0.717, 1.165) is 11.1 Å². The SMILES string of the molecule is O=C(Nc1ccc(Cl)cc1)Nc1ccc(Cn2cnc(-c3nc(-c4ccc(Cl)cc4)no3)c2)cc1. The van der Waals surface area contributed by atoms with Gasteiger partial charge < -0.3 is 19.7 Å². The number of carbonyl (C=O) groups excluding carboxylic acids is 1. The van der Waals surface area contributed by atoms with Crippen LogP contribution in [-0.4, -0.2) is 25.7 Å². The first-order valence-electron chi connectivity index (χ1n) is 10.6. The van der Waals surface area contributed by atoms with Crippen LogP contribution in [0.25, 0.3) is 23.0 Å². The molecule has 0 aliphatic carbocycles. The number of urea groups is 1. The van der Waals surface area contributed by atoms with E-state index >= 15 is 0 Å². The Morgan fingerprint density at radius 2 is 1.46 bits per heavy atom. The highest BCUT2D eigenvalue weighted by atomic mass is 35.5. The first kappa shape index (κ1) is 22.6. The van der Waals surface area contributed by atoms with Crippen LogP contribution in [0.1, 0.15) is 5.56 Å². The number of hydrogen-bond donors (Lipinski definition) is 2. The lowest BCUT2D eigenvalue weighted by Gasteiger charge is -2.09. The van der Waals surface area contributed by atoms with Gasteiger partial charge in [0.05, 0.1) is 6.33 Å². The van der Waals surface area contributed by atoms with Crippen molar-refractivity contribution in [2.45, 2.75) is 6.54 Å². The van der Waals surface area contributed by atoms with E-state index in [4.69, 9.17) is 27.7 Å². The fourth-order valence-electron chi connectivity index (χ4n) is 3.33. The molecule has 3 aromatic carbocycles. The molecule has 0 bridgehead atoms. The van der Waals surface area contributed by atoms with E-state index in [1.54, 1.807) is 42.7 Å². The molecule has 35 heavy (non-hydrogen) atoms. The summed E-state index contributed by atoms with van der Waals surface area (Å²) in [5.74, 6) is 0.800. The van der Waals surface area contributed by atoms with Gasteiger partial charge in [0.2, 0.25) is 5.82 Å². The van der Waals surface area contributed by atoms with Crippen LogP contribution in [0.5, 0.6) is 0 Å². The Bertz CT molecular complexity index is 1440. The molecule has 0 unspecified atom stereocenters. The van der Waals surface area contributed by atoms with Gasteiger partial charge in [-0.2, -0.15) is 4.98 Å². The third kappa shape index (κ3) is 5.68. The molecule has 2 N–H and O–H groups in total. The van der Waals surface area contributed by atoms with E-state index in [2.05, 4.69) is 25.8 Å². The van der Waals surface area contributed by atoms with Gasteiger partial charge in [0.25, 0.3) is 5.89 Å². The second-order valence-electron chi connectivity index (χ2n) is 7.64. The number of nitrogens with zero attached hydrogens (tertiary/aromatic N) is 4. The van der Waals surface area contributed by atoms with Crippen molar-refractivity contribution in [1.29, 1.82) is 0 Å². The molecule has 5 aromatic rings. The van der Waals surface area contributed by atoms with Gasteiger partial charge >= 0.3 is 6.03 Å². The predicted molar refractivity (Wildman–Crippen MR) is 136 cm³/mol.